The second-order valence-electron chi connectivity index (χ2n) is 1.79. The molecular formula is C4H7NO3S. The van der Waals surface area contributed by atoms with Gasteiger partial charge in [-0.05, 0) is 0 Å². The molecule has 0 aromatic heterocycles. The average molecular weight is 149 g/mol. The number of hydrogen-bond donors (Lipinski definition) is 2. The maximum absolute atomic E-state index is 10.2. The minimum atomic E-state index is -0.887. The van der Waals surface area contributed by atoms with Crippen LogP contribution < -0.4 is 0 Å². The Hall–Kier alpha value is -0.260. The lowest BCUT2D eigenvalue weighted by molar-refractivity contribution is -0.140. The van der Waals surface area contributed by atoms with E-state index in [2.05, 4.69) is 12.8 Å². The van der Waals surface area contributed by atoms with Crippen LogP contribution in [0.2, 0.25) is 0 Å². The van der Waals surface area contributed by atoms with Crippen LogP contribution in [0.25, 0.3) is 0 Å². The molecule has 52 valence electrons. The number of aliphatic carboxylic acids is 1. The van der Waals surface area contributed by atoms with Crippen LogP contribution in [0.5, 0.6) is 0 Å². The lowest BCUT2D eigenvalue weighted by Gasteiger charge is -2.08. The number of carboxylic acids is 1. The molecule has 1 aliphatic rings. The molecule has 1 heterocycles. The van der Waals surface area contributed by atoms with Crippen LogP contribution in [-0.4, -0.2) is 34.8 Å². The van der Waals surface area contributed by atoms with Gasteiger partial charge in [-0.25, -0.2) is 4.31 Å². The third kappa shape index (κ3) is 1.35. The highest BCUT2D eigenvalue weighted by molar-refractivity contribution is 7.77. The van der Waals surface area contributed by atoms with E-state index in [4.69, 9.17) is 9.84 Å². The molecular weight excluding hydrogens is 142 g/mol. The number of carbonyl (C=O) groups is 1. The summed E-state index contributed by atoms with van der Waals surface area (Å²) in [6.45, 7) is 0.527. The first-order valence-corrected chi connectivity index (χ1v) is 2.88. The molecule has 4 nitrogen and oxygen atoms in total. The molecule has 0 aliphatic carbocycles. The predicted octanol–water partition coefficient (Wildman–Crippen LogP) is -0.426. The predicted molar refractivity (Wildman–Crippen MR) is 33.1 cm³/mol. The topological polar surface area (TPSA) is 49.8 Å². The zero-order valence-corrected chi connectivity index (χ0v) is 5.54. The second kappa shape index (κ2) is 2.55. The van der Waals surface area contributed by atoms with E-state index in [1.54, 1.807) is 0 Å². The summed E-state index contributed by atoms with van der Waals surface area (Å²) >= 11 is 3.85. The van der Waals surface area contributed by atoms with Crippen LogP contribution >= 0.6 is 12.8 Å². The third-order valence-electron chi connectivity index (χ3n) is 1.14. The highest BCUT2D eigenvalue weighted by atomic mass is 32.1. The molecule has 0 radical (unpaired) electrons. The van der Waals surface area contributed by atoms with E-state index in [1.165, 1.54) is 4.31 Å². The summed E-state index contributed by atoms with van der Waals surface area (Å²) in [4.78, 5) is 10.2. The fourth-order valence-corrected chi connectivity index (χ4v) is 0.880. The summed E-state index contributed by atoms with van der Waals surface area (Å²) in [5, 5.41) is 8.41. The molecule has 0 amide bonds. The van der Waals surface area contributed by atoms with Gasteiger partial charge in [0.25, 0.3) is 0 Å². The first-order valence-electron chi connectivity index (χ1n) is 2.48. The molecule has 1 aliphatic heterocycles. The Bertz CT molecular complexity index is 129. The number of ether oxygens (including phenoxy) is 1. The molecule has 1 atom stereocenters. The summed E-state index contributed by atoms with van der Waals surface area (Å²) in [6, 6.07) is -0.576. The van der Waals surface area contributed by atoms with Crippen molar-refractivity contribution in [1.29, 1.82) is 0 Å². The van der Waals surface area contributed by atoms with Crippen molar-refractivity contribution in [2.24, 2.45) is 0 Å². The lowest BCUT2D eigenvalue weighted by Crippen LogP contribution is -2.31. The Labute approximate surface area is 57.9 Å². The van der Waals surface area contributed by atoms with E-state index in [-0.39, 0.29) is 6.61 Å². The van der Waals surface area contributed by atoms with Gasteiger partial charge >= 0.3 is 5.97 Å². The van der Waals surface area contributed by atoms with Gasteiger partial charge in [-0.3, -0.25) is 4.79 Å². The van der Waals surface area contributed by atoms with Gasteiger partial charge in [0.2, 0.25) is 0 Å². The van der Waals surface area contributed by atoms with Gasteiger partial charge in [0, 0.05) is 0 Å². The molecule has 1 N–H and O–H groups in total. The van der Waals surface area contributed by atoms with Crippen molar-refractivity contribution in [2.45, 2.75) is 6.04 Å². The molecule has 5 heteroatoms. The SMILES string of the molecule is O=C(O)C1COCN1S. The summed E-state index contributed by atoms with van der Waals surface area (Å²) < 4.78 is 6.15. The van der Waals surface area contributed by atoms with Gasteiger partial charge in [0.05, 0.1) is 6.61 Å². The fourth-order valence-electron chi connectivity index (χ4n) is 0.633. The zero-order valence-electron chi connectivity index (χ0n) is 4.65. The highest BCUT2D eigenvalue weighted by Gasteiger charge is 2.28. The van der Waals surface area contributed by atoms with Crippen molar-refractivity contribution in [1.82, 2.24) is 4.31 Å². The smallest absolute Gasteiger partial charge is 0.324 e. The summed E-state index contributed by atoms with van der Waals surface area (Å²) in [6.07, 6.45) is 0. The van der Waals surface area contributed by atoms with Crippen LogP contribution in [0, 0.1) is 0 Å². The van der Waals surface area contributed by atoms with Crippen molar-refractivity contribution in [2.75, 3.05) is 13.3 Å². The fraction of sp³-hybridized carbons (Fsp3) is 0.750. The van der Waals surface area contributed by atoms with E-state index in [0.717, 1.165) is 0 Å². The Balaban J connectivity index is 2.49. The van der Waals surface area contributed by atoms with Crippen molar-refractivity contribution in [3.05, 3.63) is 0 Å². The largest absolute Gasteiger partial charge is 0.480 e. The minimum Gasteiger partial charge on any atom is -0.480 e. The lowest BCUT2D eigenvalue weighted by atomic mass is 10.3. The number of hydrogen-bond acceptors (Lipinski definition) is 4. The Morgan fingerprint density at radius 1 is 1.89 bits per heavy atom. The number of carboxylic acid groups (broad SMARTS) is 1. The van der Waals surface area contributed by atoms with Crippen LogP contribution in [0.15, 0.2) is 0 Å². The first kappa shape index (κ1) is 6.85. The molecule has 1 saturated heterocycles. The standard InChI is InChI=1S/C4H7NO3S/c6-4(7)3-1-8-2-5(3)9/h3,9H,1-2H2,(H,6,7). The van der Waals surface area contributed by atoms with Gasteiger partial charge in [-0.2, -0.15) is 0 Å². The minimum absolute atomic E-state index is 0.235. The molecule has 9 heavy (non-hydrogen) atoms. The van der Waals surface area contributed by atoms with Crippen LogP contribution in [0.4, 0.5) is 0 Å². The number of thiol groups is 1. The first-order chi connectivity index (χ1) is 4.22. The van der Waals surface area contributed by atoms with Crippen molar-refractivity contribution < 1.29 is 14.6 Å². The summed E-state index contributed by atoms with van der Waals surface area (Å²) in [5.41, 5.74) is 0. The molecule has 0 bridgehead atoms. The Morgan fingerprint density at radius 3 is 2.78 bits per heavy atom. The zero-order chi connectivity index (χ0) is 6.85. The molecule has 0 aromatic carbocycles. The van der Waals surface area contributed by atoms with Crippen molar-refractivity contribution in [3.8, 4) is 0 Å². The van der Waals surface area contributed by atoms with E-state index >= 15 is 0 Å². The molecule has 0 saturated carbocycles. The van der Waals surface area contributed by atoms with Crippen LogP contribution in [0.1, 0.15) is 0 Å². The second-order valence-corrected chi connectivity index (χ2v) is 2.31. The van der Waals surface area contributed by atoms with Crippen LogP contribution in [-0.2, 0) is 9.53 Å². The van der Waals surface area contributed by atoms with Gasteiger partial charge < -0.3 is 9.84 Å². The van der Waals surface area contributed by atoms with E-state index < -0.39 is 12.0 Å². The summed E-state index contributed by atoms with van der Waals surface area (Å²) in [5.74, 6) is -0.887. The molecule has 1 unspecified atom stereocenters. The van der Waals surface area contributed by atoms with E-state index in [1.807, 2.05) is 0 Å². The van der Waals surface area contributed by atoms with Gasteiger partial charge in [-0.15, -0.1) is 0 Å². The Morgan fingerprint density at radius 2 is 2.56 bits per heavy atom. The number of rotatable bonds is 1. The molecule has 1 rings (SSSR count). The van der Waals surface area contributed by atoms with Gasteiger partial charge in [0.1, 0.15) is 12.8 Å². The van der Waals surface area contributed by atoms with Crippen LogP contribution in [0.3, 0.4) is 0 Å². The molecule has 0 spiro atoms. The Kier molecular flexibility index (Phi) is 1.94. The average Bonchev–Trinajstić information content (AvgIpc) is 2.13. The van der Waals surface area contributed by atoms with E-state index in [9.17, 15) is 4.79 Å². The highest BCUT2D eigenvalue weighted by Crippen LogP contribution is 2.10. The van der Waals surface area contributed by atoms with Gasteiger partial charge in [-0.1, -0.05) is 12.8 Å². The monoisotopic (exact) mass is 149 g/mol. The maximum Gasteiger partial charge on any atom is 0.324 e. The normalized spacial score (nSPS) is 28.8. The quantitative estimate of drug-likeness (QED) is 0.497. The molecule has 0 aromatic rings. The third-order valence-corrected chi connectivity index (χ3v) is 1.54. The summed E-state index contributed by atoms with van der Waals surface area (Å²) in [7, 11) is 0. The van der Waals surface area contributed by atoms with Crippen molar-refractivity contribution in [3.63, 3.8) is 0 Å². The number of nitrogens with zero attached hydrogens (tertiary/aromatic N) is 1. The van der Waals surface area contributed by atoms with Crippen molar-refractivity contribution >= 4 is 18.8 Å². The van der Waals surface area contributed by atoms with E-state index in [0.29, 0.717) is 6.73 Å². The van der Waals surface area contributed by atoms with Gasteiger partial charge in [0.15, 0.2) is 0 Å². The molecule has 1 fully saturated rings. The maximum atomic E-state index is 10.2.